The molecule has 0 radical (unpaired) electrons. The van der Waals surface area contributed by atoms with Crippen LogP contribution in [0.2, 0.25) is 0 Å². The summed E-state index contributed by atoms with van der Waals surface area (Å²) in [4.78, 5) is 15.8. The molecule has 1 aliphatic heterocycles. The van der Waals surface area contributed by atoms with Crippen molar-refractivity contribution in [1.82, 2.24) is 10.2 Å². The summed E-state index contributed by atoms with van der Waals surface area (Å²) in [5.41, 5.74) is 11.5. The lowest BCUT2D eigenvalue weighted by molar-refractivity contribution is -0.126. The van der Waals surface area contributed by atoms with Gasteiger partial charge in [0.05, 0.1) is 11.9 Å². The summed E-state index contributed by atoms with van der Waals surface area (Å²) in [6.45, 7) is 2.50. The van der Waals surface area contributed by atoms with Gasteiger partial charge in [0.15, 0.2) is 0 Å². The van der Waals surface area contributed by atoms with Crippen LogP contribution in [0.4, 0.5) is 0 Å². The van der Waals surface area contributed by atoms with E-state index in [0.29, 0.717) is 24.3 Å². The molecular formula is C25H45N5O. The molecule has 4 fully saturated rings. The topological polar surface area (TPSA) is 108 Å². The summed E-state index contributed by atoms with van der Waals surface area (Å²) in [6.07, 6.45) is 15.7. The Morgan fingerprint density at radius 2 is 1.77 bits per heavy atom. The van der Waals surface area contributed by atoms with Gasteiger partial charge in [-0.05, 0) is 81.6 Å². The van der Waals surface area contributed by atoms with Crippen molar-refractivity contribution in [2.45, 2.75) is 95.6 Å². The Morgan fingerprint density at radius 1 is 0.968 bits per heavy atom. The number of amidine groups is 1. The van der Waals surface area contributed by atoms with Crippen LogP contribution < -0.4 is 16.8 Å². The van der Waals surface area contributed by atoms with Crippen LogP contribution in [-0.4, -0.2) is 48.4 Å². The first kappa shape index (κ1) is 23.0. The largest absolute Gasteiger partial charge is 0.387 e. The fourth-order valence-electron chi connectivity index (χ4n) is 7.51. The van der Waals surface area contributed by atoms with Crippen LogP contribution in [0.1, 0.15) is 83.5 Å². The Balaban J connectivity index is 1.47. The average Bonchev–Trinajstić information content (AvgIpc) is 3.14. The maximum Gasteiger partial charge on any atom is 0.237 e. The summed E-state index contributed by atoms with van der Waals surface area (Å²) in [7, 11) is 0. The molecule has 1 heterocycles. The zero-order valence-electron chi connectivity index (χ0n) is 19.4. The third-order valence-electron chi connectivity index (χ3n) is 9.15. The molecule has 1 amide bonds. The number of nitrogens with one attached hydrogen (secondary N) is 2. The molecule has 1 saturated heterocycles. The minimum absolute atomic E-state index is 0.00236. The number of carbonyl (C=O) groups excluding carboxylic acids is 1. The van der Waals surface area contributed by atoms with E-state index >= 15 is 0 Å². The van der Waals surface area contributed by atoms with Crippen molar-refractivity contribution >= 4 is 11.7 Å². The highest BCUT2D eigenvalue weighted by Crippen LogP contribution is 2.47. The molecule has 0 aromatic heterocycles. The van der Waals surface area contributed by atoms with Crippen LogP contribution in [0.25, 0.3) is 0 Å². The molecule has 4 aliphatic rings. The molecule has 6 nitrogen and oxygen atoms in total. The molecule has 0 bridgehead atoms. The zero-order valence-corrected chi connectivity index (χ0v) is 19.4. The Morgan fingerprint density at radius 3 is 2.58 bits per heavy atom. The van der Waals surface area contributed by atoms with Gasteiger partial charge in [-0.1, -0.05) is 32.1 Å². The molecule has 3 saturated carbocycles. The normalized spacial score (nSPS) is 38.3. The van der Waals surface area contributed by atoms with E-state index < -0.39 is 0 Å². The lowest BCUT2D eigenvalue weighted by atomic mass is 9.65. The standard InChI is InChI=1S/C25H45N5O/c26-12-3-4-13-29-25(31)23-14-18-10-11-19(24(27)28)15-22(18)30(23)16-20-8-5-7-17-6-1-2-9-21(17)20/h17-23H,1-16,26H2,(H3,27,28)(H,29,31). The highest BCUT2D eigenvalue weighted by Gasteiger charge is 2.48. The smallest absolute Gasteiger partial charge is 0.237 e. The van der Waals surface area contributed by atoms with E-state index in [-0.39, 0.29) is 17.9 Å². The number of hydrogen-bond acceptors (Lipinski definition) is 4. The van der Waals surface area contributed by atoms with Gasteiger partial charge in [-0.3, -0.25) is 15.1 Å². The van der Waals surface area contributed by atoms with Crippen molar-refractivity contribution in [1.29, 1.82) is 5.41 Å². The van der Waals surface area contributed by atoms with Crippen molar-refractivity contribution in [2.75, 3.05) is 19.6 Å². The monoisotopic (exact) mass is 431 g/mol. The quantitative estimate of drug-likeness (QED) is 0.269. The van der Waals surface area contributed by atoms with Gasteiger partial charge in [0, 0.05) is 25.0 Å². The molecule has 3 aliphatic carbocycles. The number of nitrogens with two attached hydrogens (primary N) is 2. The Hall–Kier alpha value is -1.14. The first-order chi connectivity index (χ1) is 15.1. The van der Waals surface area contributed by atoms with E-state index in [2.05, 4.69) is 10.2 Å². The number of amides is 1. The number of nitrogens with zero attached hydrogens (tertiary/aromatic N) is 1. The van der Waals surface area contributed by atoms with Gasteiger partial charge in [-0.25, -0.2) is 0 Å². The van der Waals surface area contributed by atoms with Gasteiger partial charge in [0.2, 0.25) is 5.91 Å². The fraction of sp³-hybridized carbons (Fsp3) is 0.920. The first-order valence-corrected chi connectivity index (χ1v) is 13.2. The van der Waals surface area contributed by atoms with Crippen LogP contribution in [0, 0.1) is 35.0 Å². The molecule has 4 rings (SSSR count). The van der Waals surface area contributed by atoms with Crippen molar-refractivity contribution in [3.8, 4) is 0 Å². The fourth-order valence-corrected chi connectivity index (χ4v) is 7.51. The predicted octanol–water partition coefficient (Wildman–Crippen LogP) is 3.24. The molecule has 0 spiro atoms. The second-order valence-corrected chi connectivity index (χ2v) is 10.9. The van der Waals surface area contributed by atoms with Crippen LogP contribution in [-0.2, 0) is 4.79 Å². The van der Waals surface area contributed by atoms with Gasteiger partial charge in [-0.15, -0.1) is 0 Å². The minimum atomic E-state index is 0.00236. The molecule has 7 unspecified atom stereocenters. The molecule has 31 heavy (non-hydrogen) atoms. The first-order valence-electron chi connectivity index (χ1n) is 13.2. The van der Waals surface area contributed by atoms with Gasteiger partial charge >= 0.3 is 0 Å². The van der Waals surface area contributed by atoms with Gasteiger partial charge < -0.3 is 16.8 Å². The minimum Gasteiger partial charge on any atom is -0.387 e. The van der Waals surface area contributed by atoms with Gasteiger partial charge in [0.25, 0.3) is 0 Å². The van der Waals surface area contributed by atoms with Crippen molar-refractivity contribution in [3.05, 3.63) is 0 Å². The molecule has 0 aromatic rings. The van der Waals surface area contributed by atoms with Crippen LogP contribution >= 0.6 is 0 Å². The Labute approximate surface area is 188 Å². The third kappa shape index (κ3) is 5.27. The molecule has 0 aromatic carbocycles. The molecule has 6 heteroatoms. The maximum absolute atomic E-state index is 13.3. The van der Waals surface area contributed by atoms with Crippen molar-refractivity contribution < 1.29 is 4.79 Å². The molecular weight excluding hydrogens is 386 g/mol. The van der Waals surface area contributed by atoms with Crippen LogP contribution in [0.15, 0.2) is 0 Å². The summed E-state index contributed by atoms with van der Waals surface area (Å²) < 4.78 is 0. The number of rotatable bonds is 8. The average molecular weight is 432 g/mol. The molecule has 176 valence electrons. The summed E-state index contributed by atoms with van der Waals surface area (Å²) in [5.74, 6) is 3.88. The highest BCUT2D eigenvalue weighted by atomic mass is 16.2. The third-order valence-corrected chi connectivity index (χ3v) is 9.15. The Bertz CT molecular complexity index is 623. The van der Waals surface area contributed by atoms with Crippen LogP contribution in [0.3, 0.4) is 0 Å². The summed E-state index contributed by atoms with van der Waals surface area (Å²) >= 11 is 0. The van der Waals surface area contributed by atoms with Crippen molar-refractivity contribution in [3.63, 3.8) is 0 Å². The summed E-state index contributed by atoms with van der Waals surface area (Å²) in [6, 6.07) is 0.425. The van der Waals surface area contributed by atoms with Crippen molar-refractivity contribution in [2.24, 2.45) is 41.1 Å². The maximum atomic E-state index is 13.3. The second-order valence-electron chi connectivity index (χ2n) is 10.9. The number of hydrogen-bond donors (Lipinski definition) is 4. The van der Waals surface area contributed by atoms with Crippen LogP contribution in [0.5, 0.6) is 0 Å². The SMILES string of the molecule is N=C(N)C1CCC2CC(C(=O)NCCCCN)N(CC3CCCC4CCCCC43)C2C1. The van der Waals surface area contributed by atoms with Gasteiger partial charge in [0.1, 0.15) is 0 Å². The van der Waals surface area contributed by atoms with E-state index in [1.807, 2.05) is 0 Å². The summed E-state index contributed by atoms with van der Waals surface area (Å²) in [5, 5.41) is 11.2. The van der Waals surface area contributed by atoms with E-state index in [9.17, 15) is 4.79 Å². The number of carbonyl (C=O) groups is 1. The van der Waals surface area contributed by atoms with E-state index in [0.717, 1.165) is 69.4 Å². The Kier molecular flexibility index (Phi) is 7.91. The lowest BCUT2D eigenvalue weighted by Crippen LogP contribution is -2.51. The zero-order chi connectivity index (χ0) is 21.8. The number of unbranched alkanes of at least 4 members (excludes halogenated alkanes) is 1. The van der Waals surface area contributed by atoms with E-state index in [1.54, 1.807) is 0 Å². The van der Waals surface area contributed by atoms with E-state index in [1.165, 1.54) is 44.9 Å². The van der Waals surface area contributed by atoms with E-state index in [4.69, 9.17) is 16.9 Å². The van der Waals surface area contributed by atoms with Gasteiger partial charge in [-0.2, -0.15) is 0 Å². The lowest BCUT2D eigenvalue weighted by Gasteiger charge is -2.45. The number of fused-ring (bicyclic) bond motifs is 2. The highest BCUT2D eigenvalue weighted by molar-refractivity contribution is 5.82. The number of likely N-dealkylation sites (tertiary alicyclic amines) is 1. The predicted molar refractivity (Wildman–Crippen MR) is 126 cm³/mol. The molecule has 6 N–H and O–H groups in total. The molecule has 7 atom stereocenters. The second kappa shape index (κ2) is 10.7.